The first-order chi connectivity index (χ1) is 6.90. The SMILES string of the molecule is CNC(CCc1cccnc1)C1CC1. The number of aryl methyl sites for hydroxylation is 1. The Balaban J connectivity index is 1.81. The average molecular weight is 190 g/mol. The van der Waals surface area contributed by atoms with Gasteiger partial charge < -0.3 is 5.32 Å². The molecular formula is C12H18N2. The first-order valence-corrected chi connectivity index (χ1v) is 5.46. The van der Waals surface area contributed by atoms with Crippen LogP contribution in [0.2, 0.25) is 0 Å². The molecule has 0 spiro atoms. The maximum atomic E-state index is 4.13. The number of nitrogens with one attached hydrogen (secondary N) is 1. The van der Waals surface area contributed by atoms with E-state index in [0.717, 1.165) is 18.4 Å². The van der Waals surface area contributed by atoms with E-state index in [9.17, 15) is 0 Å². The van der Waals surface area contributed by atoms with Crippen LogP contribution in [0.15, 0.2) is 24.5 Å². The average Bonchev–Trinajstić information content (AvgIpc) is 3.05. The summed E-state index contributed by atoms with van der Waals surface area (Å²) in [6.45, 7) is 0. The van der Waals surface area contributed by atoms with Crippen LogP contribution in [0, 0.1) is 5.92 Å². The molecule has 1 atom stereocenters. The normalized spacial score (nSPS) is 18.1. The van der Waals surface area contributed by atoms with Gasteiger partial charge in [0.1, 0.15) is 0 Å². The lowest BCUT2D eigenvalue weighted by Gasteiger charge is -2.14. The van der Waals surface area contributed by atoms with Gasteiger partial charge in [-0.05, 0) is 50.3 Å². The predicted octanol–water partition coefficient (Wildman–Crippen LogP) is 2.01. The Bertz CT molecular complexity index is 267. The Kier molecular flexibility index (Phi) is 3.14. The Morgan fingerprint density at radius 1 is 1.57 bits per heavy atom. The summed E-state index contributed by atoms with van der Waals surface area (Å²) >= 11 is 0. The van der Waals surface area contributed by atoms with Gasteiger partial charge in [0.05, 0.1) is 0 Å². The molecule has 2 rings (SSSR count). The molecule has 2 nitrogen and oxygen atoms in total. The highest BCUT2D eigenvalue weighted by molar-refractivity contribution is 5.09. The molecule has 1 aromatic heterocycles. The fourth-order valence-corrected chi connectivity index (χ4v) is 1.98. The van der Waals surface area contributed by atoms with Crippen LogP contribution >= 0.6 is 0 Å². The molecule has 1 heterocycles. The summed E-state index contributed by atoms with van der Waals surface area (Å²) in [7, 11) is 2.08. The van der Waals surface area contributed by atoms with Gasteiger partial charge in [0.2, 0.25) is 0 Å². The molecule has 14 heavy (non-hydrogen) atoms. The molecule has 0 radical (unpaired) electrons. The van der Waals surface area contributed by atoms with Crippen molar-refractivity contribution in [3.63, 3.8) is 0 Å². The lowest BCUT2D eigenvalue weighted by molar-refractivity contribution is 0.470. The number of hydrogen-bond acceptors (Lipinski definition) is 2. The molecule has 0 saturated heterocycles. The highest BCUT2D eigenvalue weighted by atomic mass is 14.9. The fraction of sp³-hybridized carbons (Fsp3) is 0.583. The predicted molar refractivity (Wildman–Crippen MR) is 58.1 cm³/mol. The van der Waals surface area contributed by atoms with Crippen LogP contribution < -0.4 is 5.32 Å². The highest BCUT2D eigenvalue weighted by Crippen LogP contribution is 2.34. The van der Waals surface area contributed by atoms with E-state index in [1.54, 1.807) is 0 Å². The van der Waals surface area contributed by atoms with Crippen LogP contribution in [-0.2, 0) is 6.42 Å². The molecule has 0 amide bonds. The first kappa shape index (κ1) is 9.66. The Labute approximate surface area is 85.7 Å². The van der Waals surface area contributed by atoms with Crippen molar-refractivity contribution in [2.75, 3.05) is 7.05 Å². The van der Waals surface area contributed by atoms with Gasteiger partial charge in [-0.2, -0.15) is 0 Å². The van der Waals surface area contributed by atoms with Gasteiger partial charge in [-0.15, -0.1) is 0 Å². The molecule has 0 bridgehead atoms. The fourth-order valence-electron chi connectivity index (χ4n) is 1.98. The number of hydrogen-bond donors (Lipinski definition) is 1. The second-order valence-corrected chi connectivity index (χ2v) is 4.13. The van der Waals surface area contributed by atoms with E-state index >= 15 is 0 Å². The van der Waals surface area contributed by atoms with E-state index in [-0.39, 0.29) is 0 Å². The molecule has 0 aromatic carbocycles. The standard InChI is InChI=1S/C12H18N2/c1-13-12(11-5-6-11)7-4-10-3-2-8-14-9-10/h2-3,8-9,11-13H,4-7H2,1H3. The van der Waals surface area contributed by atoms with Crippen LogP contribution in [0.5, 0.6) is 0 Å². The van der Waals surface area contributed by atoms with Crippen molar-refractivity contribution >= 4 is 0 Å². The van der Waals surface area contributed by atoms with E-state index in [2.05, 4.69) is 23.4 Å². The quantitative estimate of drug-likeness (QED) is 0.768. The van der Waals surface area contributed by atoms with Crippen LogP contribution in [0.25, 0.3) is 0 Å². The van der Waals surface area contributed by atoms with E-state index in [1.165, 1.54) is 24.8 Å². The largest absolute Gasteiger partial charge is 0.317 e. The summed E-state index contributed by atoms with van der Waals surface area (Å²) in [6, 6.07) is 4.89. The molecule has 76 valence electrons. The molecule has 1 aliphatic rings. The highest BCUT2D eigenvalue weighted by Gasteiger charge is 2.29. The summed E-state index contributed by atoms with van der Waals surface area (Å²) in [5.74, 6) is 0.941. The summed E-state index contributed by atoms with van der Waals surface area (Å²) in [4.78, 5) is 4.13. The number of aromatic nitrogens is 1. The molecule has 1 aromatic rings. The summed E-state index contributed by atoms with van der Waals surface area (Å²) in [5, 5.41) is 3.41. The van der Waals surface area contributed by atoms with Gasteiger partial charge >= 0.3 is 0 Å². The van der Waals surface area contributed by atoms with Gasteiger partial charge in [-0.1, -0.05) is 6.07 Å². The van der Waals surface area contributed by atoms with Crippen molar-refractivity contribution in [2.45, 2.75) is 31.7 Å². The summed E-state index contributed by atoms with van der Waals surface area (Å²) in [6.07, 6.45) is 9.03. The third-order valence-corrected chi connectivity index (χ3v) is 3.03. The minimum atomic E-state index is 0.718. The maximum Gasteiger partial charge on any atom is 0.0299 e. The molecule has 1 N–H and O–H groups in total. The van der Waals surface area contributed by atoms with Crippen molar-refractivity contribution in [1.82, 2.24) is 10.3 Å². The summed E-state index contributed by atoms with van der Waals surface area (Å²) < 4.78 is 0. The number of pyridine rings is 1. The Hall–Kier alpha value is -0.890. The van der Waals surface area contributed by atoms with Crippen molar-refractivity contribution in [3.05, 3.63) is 30.1 Å². The molecular weight excluding hydrogens is 172 g/mol. The van der Waals surface area contributed by atoms with E-state index < -0.39 is 0 Å². The maximum absolute atomic E-state index is 4.13. The lowest BCUT2D eigenvalue weighted by Crippen LogP contribution is -2.27. The van der Waals surface area contributed by atoms with Crippen molar-refractivity contribution in [2.24, 2.45) is 5.92 Å². The smallest absolute Gasteiger partial charge is 0.0299 e. The molecule has 0 aliphatic heterocycles. The molecule has 1 unspecified atom stereocenters. The third-order valence-electron chi connectivity index (χ3n) is 3.03. The second-order valence-electron chi connectivity index (χ2n) is 4.13. The Morgan fingerprint density at radius 3 is 3.00 bits per heavy atom. The monoisotopic (exact) mass is 190 g/mol. The number of nitrogens with zero attached hydrogens (tertiary/aromatic N) is 1. The minimum Gasteiger partial charge on any atom is -0.317 e. The van der Waals surface area contributed by atoms with Gasteiger partial charge in [0.15, 0.2) is 0 Å². The number of rotatable bonds is 5. The Morgan fingerprint density at radius 2 is 2.43 bits per heavy atom. The van der Waals surface area contributed by atoms with E-state index in [1.807, 2.05) is 18.5 Å². The third kappa shape index (κ3) is 2.55. The van der Waals surface area contributed by atoms with Gasteiger partial charge in [0.25, 0.3) is 0 Å². The molecule has 1 aliphatic carbocycles. The van der Waals surface area contributed by atoms with Crippen LogP contribution in [0.4, 0.5) is 0 Å². The zero-order valence-electron chi connectivity index (χ0n) is 8.74. The zero-order valence-corrected chi connectivity index (χ0v) is 8.74. The van der Waals surface area contributed by atoms with E-state index in [4.69, 9.17) is 0 Å². The molecule has 2 heteroatoms. The molecule has 1 fully saturated rings. The minimum absolute atomic E-state index is 0.718. The summed E-state index contributed by atoms with van der Waals surface area (Å²) in [5.41, 5.74) is 1.36. The van der Waals surface area contributed by atoms with Gasteiger partial charge in [0, 0.05) is 18.4 Å². The van der Waals surface area contributed by atoms with Gasteiger partial charge in [-0.3, -0.25) is 4.98 Å². The van der Waals surface area contributed by atoms with Crippen molar-refractivity contribution in [3.8, 4) is 0 Å². The first-order valence-electron chi connectivity index (χ1n) is 5.46. The molecule has 1 saturated carbocycles. The lowest BCUT2D eigenvalue weighted by atomic mass is 10.0. The van der Waals surface area contributed by atoms with Crippen molar-refractivity contribution in [1.29, 1.82) is 0 Å². The van der Waals surface area contributed by atoms with Gasteiger partial charge in [-0.25, -0.2) is 0 Å². The second kappa shape index (κ2) is 4.56. The van der Waals surface area contributed by atoms with Crippen LogP contribution in [-0.4, -0.2) is 18.1 Å². The van der Waals surface area contributed by atoms with Crippen LogP contribution in [0.1, 0.15) is 24.8 Å². The topological polar surface area (TPSA) is 24.9 Å². The zero-order chi connectivity index (χ0) is 9.80. The van der Waals surface area contributed by atoms with Crippen LogP contribution in [0.3, 0.4) is 0 Å². The van der Waals surface area contributed by atoms with E-state index in [0.29, 0.717) is 0 Å². The van der Waals surface area contributed by atoms with Crippen molar-refractivity contribution < 1.29 is 0 Å².